The topological polar surface area (TPSA) is 29.1 Å². The van der Waals surface area contributed by atoms with E-state index in [1.807, 2.05) is 30.3 Å². The van der Waals surface area contributed by atoms with Gasteiger partial charge in [-0.05, 0) is 45.8 Å². The quantitative estimate of drug-likeness (QED) is 0.549. The largest absolute Gasteiger partial charge is 0.325 e. The Bertz CT molecular complexity index is 767. The zero-order chi connectivity index (χ0) is 13.2. The van der Waals surface area contributed by atoms with E-state index in [0.29, 0.717) is 0 Å². The molecule has 0 radical (unpaired) electrons. The summed E-state index contributed by atoms with van der Waals surface area (Å²) in [6, 6.07) is 18.4. The van der Waals surface area contributed by atoms with Crippen molar-refractivity contribution in [3.8, 4) is 0 Å². The number of anilines is 1. The Morgan fingerprint density at radius 1 is 0.895 bits per heavy atom. The van der Waals surface area contributed by atoms with Gasteiger partial charge < -0.3 is 5.32 Å². The van der Waals surface area contributed by atoms with E-state index < -0.39 is 0 Å². The zero-order valence-electron chi connectivity index (χ0n) is 10.2. The van der Waals surface area contributed by atoms with Gasteiger partial charge >= 0.3 is 0 Å². The summed E-state index contributed by atoms with van der Waals surface area (Å²) in [5.41, 5.74) is 0.772. The van der Waals surface area contributed by atoms with Gasteiger partial charge in [-0.15, -0.1) is 11.6 Å². The van der Waals surface area contributed by atoms with Crippen LogP contribution in [0, 0.1) is 0 Å². The number of amides is 1. The molecular weight excluding hydrogens is 258 g/mol. The molecule has 0 saturated carbocycles. The molecule has 0 fully saturated rings. The third-order valence-electron chi connectivity index (χ3n) is 3.11. The first-order valence-corrected chi connectivity index (χ1v) is 6.58. The van der Waals surface area contributed by atoms with E-state index >= 15 is 0 Å². The highest BCUT2D eigenvalue weighted by Gasteiger charge is 2.02. The lowest BCUT2D eigenvalue weighted by atomic mass is 10.0. The Morgan fingerprint density at radius 2 is 1.53 bits per heavy atom. The lowest BCUT2D eigenvalue weighted by molar-refractivity contribution is -0.113. The molecule has 3 rings (SSSR count). The van der Waals surface area contributed by atoms with E-state index in [1.165, 1.54) is 10.8 Å². The van der Waals surface area contributed by atoms with Gasteiger partial charge in [0.05, 0.1) is 0 Å². The number of carbonyl (C=O) groups is 1. The molecule has 0 spiro atoms. The molecule has 0 unspecified atom stereocenters. The summed E-state index contributed by atoms with van der Waals surface area (Å²) in [5.74, 6) is -0.225. The summed E-state index contributed by atoms with van der Waals surface area (Å²) in [6.07, 6.45) is 0. The predicted octanol–water partition coefficient (Wildman–Crippen LogP) is 4.17. The Balaban J connectivity index is 2.11. The van der Waals surface area contributed by atoms with E-state index in [4.69, 9.17) is 11.6 Å². The minimum atomic E-state index is -0.193. The number of alkyl halides is 1. The fraction of sp³-hybridized carbons (Fsp3) is 0.0625. The van der Waals surface area contributed by atoms with Crippen LogP contribution in [0.5, 0.6) is 0 Å². The summed E-state index contributed by atoms with van der Waals surface area (Å²) in [6.45, 7) is 0. The van der Waals surface area contributed by atoms with Gasteiger partial charge in [0, 0.05) is 5.69 Å². The fourth-order valence-corrected chi connectivity index (χ4v) is 2.28. The number of hydrogen-bond acceptors (Lipinski definition) is 1. The summed E-state index contributed by atoms with van der Waals surface area (Å²) in [4.78, 5) is 11.3. The summed E-state index contributed by atoms with van der Waals surface area (Å²) in [5, 5.41) is 7.42. The van der Waals surface area contributed by atoms with Crippen LogP contribution in [0.1, 0.15) is 0 Å². The van der Waals surface area contributed by atoms with Crippen LogP contribution in [-0.4, -0.2) is 11.8 Å². The fourth-order valence-electron chi connectivity index (χ4n) is 2.21. The van der Waals surface area contributed by atoms with Crippen molar-refractivity contribution in [2.75, 3.05) is 11.2 Å². The first-order valence-electron chi connectivity index (χ1n) is 6.05. The SMILES string of the molecule is O=C(CCl)Nc1ccc2cc3ccccc3cc2c1. The van der Waals surface area contributed by atoms with Crippen LogP contribution in [0.25, 0.3) is 21.5 Å². The molecule has 0 saturated heterocycles. The monoisotopic (exact) mass is 269 g/mol. The van der Waals surface area contributed by atoms with E-state index in [0.717, 1.165) is 16.5 Å². The van der Waals surface area contributed by atoms with Gasteiger partial charge in [-0.25, -0.2) is 0 Å². The van der Waals surface area contributed by atoms with E-state index in [-0.39, 0.29) is 11.8 Å². The molecule has 94 valence electrons. The first kappa shape index (κ1) is 12.0. The highest BCUT2D eigenvalue weighted by Crippen LogP contribution is 2.25. The smallest absolute Gasteiger partial charge is 0.239 e. The van der Waals surface area contributed by atoms with Crippen LogP contribution in [0.15, 0.2) is 54.6 Å². The van der Waals surface area contributed by atoms with E-state index in [2.05, 4.69) is 29.6 Å². The van der Waals surface area contributed by atoms with Crippen LogP contribution in [-0.2, 0) is 4.79 Å². The van der Waals surface area contributed by atoms with Gasteiger partial charge in [-0.3, -0.25) is 4.79 Å². The molecule has 0 aromatic heterocycles. The van der Waals surface area contributed by atoms with Crippen LogP contribution < -0.4 is 5.32 Å². The predicted molar refractivity (Wildman–Crippen MR) is 80.8 cm³/mol. The second-order valence-electron chi connectivity index (χ2n) is 4.44. The van der Waals surface area contributed by atoms with Crippen LogP contribution in [0.2, 0.25) is 0 Å². The van der Waals surface area contributed by atoms with Crippen LogP contribution in [0.3, 0.4) is 0 Å². The molecule has 1 amide bonds. The molecule has 0 heterocycles. The van der Waals surface area contributed by atoms with Crippen molar-refractivity contribution in [1.82, 2.24) is 0 Å². The number of fused-ring (bicyclic) bond motifs is 2. The second-order valence-corrected chi connectivity index (χ2v) is 4.71. The molecule has 19 heavy (non-hydrogen) atoms. The van der Waals surface area contributed by atoms with Crippen molar-refractivity contribution < 1.29 is 4.79 Å². The maximum absolute atomic E-state index is 11.3. The van der Waals surface area contributed by atoms with Crippen molar-refractivity contribution in [2.24, 2.45) is 0 Å². The van der Waals surface area contributed by atoms with Crippen LogP contribution in [0.4, 0.5) is 5.69 Å². The first-order chi connectivity index (χ1) is 9.26. The molecule has 3 aromatic rings. The van der Waals surface area contributed by atoms with Gasteiger partial charge in [-0.2, -0.15) is 0 Å². The second kappa shape index (κ2) is 4.90. The number of halogens is 1. The Labute approximate surface area is 116 Å². The number of hydrogen-bond donors (Lipinski definition) is 1. The van der Waals surface area contributed by atoms with Gasteiger partial charge in [0.2, 0.25) is 5.91 Å². The molecule has 2 nitrogen and oxygen atoms in total. The zero-order valence-corrected chi connectivity index (χ0v) is 10.9. The maximum atomic E-state index is 11.3. The lowest BCUT2D eigenvalue weighted by Crippen LogP contribution is -2.12. The van der Waals surface area contributed by atoms with Crippen LogP contribution >= 0.6 is 11.6 Å². The highest BCUT2D eigenvalue weighted by atomic mass is 35.5. The van der Waals surface area contributed by atoms with Gasteiger partial charge in [0.25, 0.3) is 0 Å². The molecule has 1 N–H and O–H groups in total. The molecule has 0 aliphatic carbocycles. The average molecular weight is 270 g/mol. The van der Waals surface area contributed by atoms with E-state index in [9.17, 15) is 4.79 Å². The number of nitrogens with one attached hydrogen (secondary N) is 1. The number of benzene rings is 3. The van der Waals surface area contributed by atoms with Gasteiger partial charge in [-0.1, -0.05) is 30.3 Å². The molecule has 0 aliphatic heterocycles. The Morgan fingerprint density at radius 3 is 2.21 bits per heavy atom. The molecule has 0 bridgehead atoms. The van der Waals surface area contributed by atoms with Crippen molar-refractivity contribution in [2.45, 2.75) is 0 Å². The van der Waals surface area contributed by atoms with Crippen molar-refractivity contribution in [1.29, 1.82) is 0 Å². The summed E-state index contributed by atoms with van der Waals surface area (Å²) in [7, 11) is 0. The summed E-state index contributed by atoms with van der Waals surface area (Å²) >= 11 is 5.49. The number of rotatable bonds is 2. The maximum Gasteiger partial charge on any atom is 0.239 e. The van der Waals surface area contributed by atoms with Gasteiger partial charge in [0.15, 0.2) is 0 Å². The molecule has 3 aromatic carbocycles. The molecular formula is C16H12ClNO. The Kier molecular flexibility index (Phi) is 3.10. The van der Waals surface area contributed by atoms with Crippen molar-refractivity contribution in [3.63, 3.8) is 0 Å². The highest BCUT2D eigenvalue weighted by molar-refractivity contribution is 6.29. The van der Waals surface area contributed by atoms with E-state index in [1.54, 1.807) is 0 Å². The molecule has 0 atom stereocenters. The third kappa shape index (κ3) is 2.40. The van der Waals surface area contributed by atoms with Gasteiger partial charge in [0.1, 0.15) is 5.88 Å². The van der Waals surface area contributed by atoms with Crippen molar-refractivity contribution >= 4 is 44.7 Å². The normalized spacial score (nSPS) is 10.8. The number of carbonyl (C=O) groups excluding carboxylic acids is 1. The minimum absolute atomic E-state index is 0.0320. The standard InChI is InChI=1S/C16H12ClNO/c17-10-16(19)18-15-6-5-13-7-11-3-1-2-4-12(11)8-14(13)9-15/h1-9H,10H2,(H,18,19). The lowest BCUT2D eigenvalue weighted by Gasteiger charge is -2.06. The Hall–Kier alpha value is -2.06. The molecule has 3 heteroatoms. The van der Waals surface area contributed by atoms with Crippen molar-refractivity contribution in [3.05, 3.63) is 54.6 Å². The average Bonchev–Trinajstić information content (AvgIpc) is 2.45. The third-order valence-corrected chi connectivity index (χ3v) is 3.35. The molecule has 0 aliphatic rings. The summed E-state index contributed by atoms with van der Waals surface area (Å²) < 4.78 is 0. The minimum Gasteiger partial charge on any atom is -0.325 e.